The lowest BCUT2D eigenvalue weighted by Crippen LogP contribution is -2.20. The molecule has 2 aromatic carbocycles. The second kappa shape index (κ2) is 9.32. The zero-order valence-corrected chi connectivity index (χ0v) is 18.4. The molecule has 10 heteroatoms. The van der Waals surface area contributed by atoms with Gasteiger partial charge >= 0.3 is 6.18 Å². The summed E-state index contributed by atoms with van der Waals surface area (Å²) in [6.45, 7) is 0. The van der Waals surface area contributed by atoms with E-state index in [2.05, 4.69) is 5.32 Å². The van der Waals surface area contributed by atoms with Crippen LogP contribution in [0.5, 0.6) is 0 Å². The van der Waals surface area contributed by atoms with E-state index in [0.29, 0.717) is 11.1 Å². The Bertz CT molecular complexity index is 1250. The molecule has 0 aromatic heterocycles. The number of hydrogen-bond acceptors (Lipinski definition) is 4. The van der Waals surface area contributed by atoms with Gasteiger partial charge in [-0.3, -0.25) is 9.59 Å². The van der Waals surface area contributed by atoms with E-state index >= 15 is 0 Å². The third-order valence-corrected chi connectivity index (χ3v) is 6.21. The van der Waals surface area contributed by atoms with Crippen molar-refractivity contribution in [3.63, 3.8) is 0 Å². The van der Waals surface area contributed by atoms with Gasteiger partial charge in [-0.1, -0.05) is 42.5 Å². The van der Waals surface area contributed by atoms with Gasteiger partial charge in [-0.2, -0.15) is 13.2 Å². The number of Topliss-reactive ketones (excluding diaryl/α,β-unsaturated/α-hetero) is 1. The molecule has 174 valence electrons. The molecule has 0 spiro atoms. The summed E-state index contributed by atoms with van der Waals surface area (Å²) in [5.41, 5.74) is -0.370. The van der Waals surface area contributed by atoms with Crippen molar-refractivity contribution < 1.29 is 31.2 Å². The van der Waals surface area contributed by atoms with Crippen LogP contribution in [0.2, 0.25) is 0 Å². The molecule has 0 aliphatic heterocycles. The molecule has 0 fully saturated rings. The van der Waals surface area contributed by atoms with Crippen molar-refractivity contribution in [1.29, 1.82) is 0 Å². The lowest BCUT2D eigenvalue weighted by Gasteiger charge is -2.14. The standard InChI is InChI=1S/C23H21F3N2O4S/c1-28-20(30)12-11-19(29)22-18(23(24,25)26)13-17(21(22)15-5-3-2-4-6-15)14-7-9-16(10-8-14)33(27,31)32/h2-10H,11-13H2,1H3,(H,28,30)(H2,27,31,32). The lowest BCUT2D eigenvalue weighted by atomic mass is 9.90. The van der Waals surface area contributed by atoms with Crippen LogP contribution in [-0.2, 0) is 19.6 Å². The van der Waals surface area contributed by atoms with Gasteiger partial charge in [0.2, 0.25) is 15.9 Å². The molecule has 3 rings (SSSR count). The average molecular weight is 478 g/mol. The Hall–Kier alpha value is -3.24. The molecule has 0 atom stereocenters. The molecule has 2 aromatic rings. The Balaban J connectivity index is 2.19. The predicted octanol–water partition coefficient (Wildman–Crippen LogP) is 3.60. The van der Waals surface area contributed by atoms with Crippen molar-refractivity contribution in [3.05, 3.63) is 76.9 Å². The van der Waals surface area contributed by atoms with Crippen LogP contribution in [0.1, 0.15) is 30.4 Å². The van der Waals surface area contributed by atoms with E-state index in [4.69, 9.17) is 5.14 Å². The molecule has 0 heterocycles. The summed E-state index contributed by atoms with van der Waals surface area (Å²) >= 11 is 0. The number of carbonyl (C=O) groups is 2. The Labute approximate surface area is 189 Å². The molecule has 0 radical (unpaired) electrons. The van der Waals surface area contributed by atoms with Crippen LogP contribution in [0.3, 0.4) is 0 Å². The highest BCUT2D eigenvalue weighted by Gasteiger charge is 2.43. The van der Waals surface area contributed by atoms with Crippen molar-refractivity contribution >= 4 is 32.9 Å². The van der Waals surface area contributed by atoms with E-state index in [1.54, 1.807) is 30.3 Å². The molecular weight excluding hydrogens is 457 g/mol. The molecule has 1 aliphatic rings. The number of hydrogen-bond donors (Lipinski definition) is 2. The fraction of sp³-hybridized carbons (Fsp3) is 0.217. The number of alkyl halides is 3. The van der Waals surface area contributed by atoms with E-state index in [1.165, 1.54) is 31.3 Å². The number of allylic oxidation sites excluding steroid dienone is 4. The van der Waals surface area contributed by atoms with Crippen molar-refractivity contribution in [2.45, 2.75) is 30.3 Å². The molecule has 0 saturated heterocycles. The number of benzene rings is 2. The van der Waals surface area contributed by atoms with Gasteiger partial charge in [0.1, 0.15) is 0 Å². The second-order valence-corrected chi connectivity index (χ2v) is 8.97. The summed E-state index contributed by atoms with van der Waals surface area (Å²) in [6.07, 6.45) is -5.98. The van der Waals surface area contributed by atoms with Crippen molar-refractivity contribution in [1.82, 2.24) is 5.32 Å². The van der Waals surface area contributed by atoms with Crippen LogP contribution in [-0.4, -0.2) is 33.3 Å². The minimum atomic E-state index is -4.78. The van der Waals surface area contributed by atoms with Crippen molar-refractivity contribution in [2.75, 3.05) is 7.05 Å². The number of nitrogens with one attached hydrogen (secondary N) is 1. The number of rotatable bonds is 7. The fourth-order valence-corrected chi connectivity index (χ4v) is 4.21. The summed E-state index contributed by atoms with van der Waals surface area (Å²) in [5, 5.41) is 7.46. The highest BCUT2D eigenvalue weighted by molar-refractivity contribution is 7.89. The molecule has 0 bridgehead atoms. The molecule has 3 N–H and O–H groups in total. The third-order valence-electron chi connectivity index (χ3n) is 5.28. The Morgan fingerprint density at radius 3 is 2.09 bits per heavy atom. The normalized spacial score (nSPS) is 14.6. The Morgan fingerprint density at radius 1 is 0.970 bits per heavy atom. The maximum atomic E-state index is 14.0. The van der Waals surface area contributed by atoms with Gasteiger partial charge in [0.05, 0.1) is 4.90 Å². The molecule has 0 unspecified atom stereocenters. The summed E-state index contributed by atoms with van der Waals surface area (Å²) < 4.78 is 65.2. The van der Waals surface area contributed by atoms with E-state index < -0.39 is 45.5 Å². The molecule has 1 aliphatic carbocycles. The largest absolute Gasteiger partial charge is 0.413 e. The van der Waals surface area contributed by atoms with Crippen LogP contribution in [0.25, 0.3) is 11.1 Å². The van der Waals surface area contributed by atoms with Gasteiger partial charge in [-0.15, -0.1) is 0 Å². The van der Waals surface area contributed by atoms with Crippen molar-refractivity contribution in [2.24, 2.45) is 5.14 Å². The van der Waals surface area contributed by atoms with E-state index in [9.17, 15) is 31.2 Å². The van der Waals surface area contributed by atoms with Gasteiger partial charge in [0, 0.05) is 37.5 Å². The van der Waals surface area contributed by atoms with E-state index in [1.807, 2.05) is 0 Å². The SMILES string of the molecule is CNC(=O)CCC(=O)C1=C(C(F)(F)F)CC(c2ccc(S(N)(=O)=O)cc2)=C1c1ccccc1. The number of halogens is 3. The highest BCUT2D eigenvalue weighted by atomic mass is 32.2. The van der Waals surface area contributed by atoms with Gasteiger partial charge in [0.25, 0.3) is 0 Å². The van der Waals surface area contributed by atoms with Crippen LogP contribution >= 0.6 is 0 Å². The predicted molar refractivity (Wildman–Crippen MR) is 117 cm³/mol. The topological polar surface area (TPSA) is 106 Å². The van der Waals surface area contributed by atoms with Gasteiger partial charge in [0.15, 0.2) is 5.78 Å². The van der Waals surface area contributed by atoms with Gasteiger partial charge in [-0.05, 0) is 34.4 Å². The van der Waals surface area contributed by atoms with Crippen molar-refractivity contribution in [3.8, 4) is 0 Å². The first-order valence-corrected chi connectivity index (χ1v) is 11.4. The minimum absolute atomic E-state index is 0.119. The van der Waals surface area contributed by atoms with Crippen LogP contribution in [0, 0.1) is 0 Å². The summed E-state index contributed by atoms with van der Waals surface area (Å²) in [7, 11) is -2.61. The van der Waals surface area contributed by atoms with Gasteiger partial charge in [-0.25, -0.2) is 13.6 Å². The zero-order valence-electron chi connectivity index (χ0n) is 17.6. The quantitative estimate of drug-likeness (QED) is 0.634. The highest BCUT2D eigenvalue weighted by Crippen LogP contribution is 2.49. The maximum absolute atomic E-state index is 14.0. The van der Waals surface area contributed by atoms with Crippen LogP contribution in [0.4, 0.5) is 13.2 Å². The molecular formula is C23H21F3N2O4S. The average Bonchev–Trinajstić information content (AvgIpc) is 3.18. The minimum Gasteiger partial charge on any atom is -0.359 e. The first-order valence-electron chi connectivity index (χ1n) is 9.89. The maximum Gasteiger partial charge on any atom is 0.413 e. The molecule has 0 saturated carbocycles. The number of ketones is 1. The second-order valence-electron chi connectivity index (χ2n) is 7.41. The fourth-order valence-electron chi connectivity index (χ4n) is 3.70. The Morgan fingerprint density at radius 2 is 1.58 bits per heavy atom. The molecule has 33 heavy (non-hydrogen) atoms. The third kappa shape index (κ3) is 5.40. The van der Waals surface area contributed by atoms with E-state index in [0.717, 1.165) is 0 Å². The number of amides is 1. The van der Waals surface area contributed by atoms with Crippen LogP contribution in [0.15, 0.2) is 70.6 Å². The van der Waals surface area contributed by atoms with Crippen LogP contribution < -0.4 is 10.5 Å². The number of nitrogens with two attached hydrogens (primary N) is 1. The van der Waals surface area contributed by atoms with Gasteiger partial charge < -0.3 is 5.32 Å². The molecule has 1 amide bonds. The summed E-state index contributed by atoms with van der Waals surface area (Å²) in [5.74, 6) is -1.25. The first kappa shape index (κ1) is 24.4. The smallest absolute Gasteiger partial charge is 0.359 e. The monoisotopic (exact) mass is 478 g/mol. The number of primary sulfonamides is 1. The first-order chi connectivity index (χ1) is 15.4. The molecule has 6 nitrogen and oxygen atoms in total. The number of sulfonamides is 1. The summed E-state index contributed by atoms with van der Waals surface area (Å²) in [6, 6.07) is 13.3. The lowest BCUT2D eigenvalue weighted by molar-refractivity contribution is -0.124. The zero-order chi connectivity index (χ0) is 24.4. The van der Waals surface area contributed by atoms with E-state index in [-0.39, 0.29) is 28.9 Å². The summed E-state index contributed by atoms with van der Waals surface area (Å²) in [4.78, 5) is 24.4. The number of carbonyl (C=O) groups excluding carboxylic acids is 2. The Kier molecular flexibility index (Phi) is 6.89.